The second-order valence-corrected chi connectivity index (χ2v) is 5.27. The summed E-state index contributed by atoms with van der Waals surface area (Å²) in [5.41, 5.74) is 0. The van der Waals surface area contributed by atoms with Crippen LogP contribution in [0.2, 0.25) is 0 Å². The van der Waals surface area contributed by atoms with E-state index in [-0.39, 0.29) is 38.4 Å². The van der Waals surface area contributed by atoms with E-state index in [9.17, 15) is 18.0 Å². The van der Waals surface area contributed by atoms with Crippen LogP contribution >= 0.6 is 0 Å². The van der Waals surface area contributed by atoms with Gasteiger partial charge in [0.15, 0.2) is 0 Å². The van der Waals surface area contributed by atoms with Gasteiger partial charge in [0.25, 0.3) is 0 Å². The highest BCUT2D eigenvalue weighted by Gasteiger charge is 2.41. The highest BCUT2D eigenvalue weighted by Crippen LogP contribution is 2.34. The molecule has 1 N–H and O–H groups in total. The number of rotatable bonds is 4. The predicted molar refractivity (Wildman–Crippen MR) is 61.0 cm³/mol. The van der Waals surface area contributed by atoms with Gasteiger partial charge in [0, 0.05) is 13.1 Å². The Kier molecular flexibility index (Phi) is 4.14. The molecule has 104 valence electrons. The first-order valence-corrected chi connectivity index (χ1v) is 6.52. The highest BCUT2D eigenvalue weighted by atomic mass is 19.4. The van der Waals surface area contributed by atoms with Crippen molar-refractivity contribution in [2.75, 3.05) is 26.2 Å². The summed E-state index contributed by atoms with van der Waals surface area (Å²) >= 11 is 0. The number of hydrogen-bond acceptors (Lipinski definition) is 2. The Morgan fingerprint density at radius 1 is 1.17 bits per heavy atom. The number of carbonyl (C=O) groups excluding carboxylic acids is 1. The average molecular weight is 264 g/mol. The molecule has 3 nitrogen and oxygen atoms in total. The third-order valence-electron chi connectivity index (χ3n) is 3.72. The van der Waals surface area contributed by atoms with Gasteiger partial charge in [-0.25, -0.2) is 0 Å². The first kappa shape index (κ1) is 13.6. The van der Waals surface area contributed by atoms with E-state index >= 15 is 0 Å². The molecule has 2 aliphatic rings. The normalized spacial score (nSPS) is 22.3. The lowest BCUT2D eigenvalue weighted by Gasteiger charge is -2.33. The van der Waals surface area contributed by atoms with E-state index in [0.29, 0.717) is 5.92 Å². The van der Waals surface area contributed by atoms with Crippen molar-refractivity contribution in [3.8, 4) is 0 Å². The zero-order valence-corrected chi connectivity index (χ0v) is 10.3. The third-order valence-corrected chi connectivity index (χ3v) is 3.72. The highest BCUT2D eigenvalue weighted by molar-refractivity contribution is 5.78. The minimum Gasteiger partial charge on any atom is -0.342 e. The van der Waals surface area contributed by atoms with Gasteiger partial charge in [-0.1, -0.05) is 0 Å². The Balaban J connectivity index is 1.66. The van der Waals surface area contributed by atoms with Crippen LogP contribution in [-0.2, 0) is 4.79 Å². The van der Waals surface area contributed by atoms with Crippen molar-refractivity contribution in [2.24, 2.45) is 11.8 Å². The zero-order chi connectivity index (χ0) is 13.2. The molecule has 0 atom stereocenters. The molecule has 2 rings (SSSR count). The van der Waals surface area contributed by atoms with Crippen molar-refractivity contribution in [3.63, 3.8) is 0 Å². The van der Waals surface area contributed by atoms with Gasteiger partial charge in [-0.3, -0.25) is 4.79 Å². The van der Waals surface area contributed by atoms with Crippen molar-refractivity contribution in [1.29, 1.82) is 0 Å². The van der Waals surface area contributed by atoms with Gasteiger partial charge in [-0.15, -0.1) is 0 Å². The van der Waals surface area contributed by atoms with Crippen molar-refractivity contribution in [2.45, 2.75) is 31.9 Å². The van der Waals surface area contributed by atoms with Gasteiger partial charge < -0.3 is 10.2 Å². The number of alkyl halides is 3. The van der Waals surface area contributed by atoms with E-state index in [4.69, 9.17) is 0 Å². The molecule has 0 aromatic rings. The number of hydrogen-bond donors (Lipinski definition) is 1. The Hall–Kier alpha value is -0.780. The first-order chi connectivity index (χ1) is 8.47. The van der Waals surface area contributed by atoms with E-state index in [0.717, 1.165) is 6.54 Å². The molecular formula is C12H19F3N2O. The molecule has 1 heterocycles. The SMILES string of the molecule is O=C(CNCC1CC1)N1CCC(C(F)(F)F)CC1. The second kappa shape index (κ2) is 5.47. The van der Waals surface area contributed by atoms with Crippen LogP contribution < -0.4 is 5.32 Å². The van der Waals surface area contributed by atoms with Crippen LogP contribution in [0.15, 0.2) is 0 Å². The summed E-state index contributed by atoms with van der Waals surface area (Å²) in [5, 5.41) is 3.07. The van der Waals surface area contributed by atoms with Gasteiger partial charge in [0.1, 0.15) is 0 Å². The van der Waals surface area contributed by atoms with E-state index in [1.807, 2.05) is 0 Å². The topological polar surface area (TPSA) is 32.3 Å². The average Bonchev–Trinajstić information content (AvgIpc) is 3.12. The van der Waals surface area contributed by atoms with E-state index in [2.05, 4.69) is 5.32 Å². The molecule has 1 amide bonds. The summed E-state index contributed by atoms with van der Waals surface area (Å²) in [6.07, 6.45) is -1.59. The minimum atomic E-state index is -4.11. The number of halogens is 3. The van der Waals surface area contributed by atoms with Crippen LogP contribution in [0, 0.1) is 11.8 Å². The van der Waals surface area contributed by atoms with E-state index in [1.165, 1.54) is 12.8 Å². The molecule has 1 saturated carbocycles. The van der Waals surface area contributed by atoms with Crippen LogP contribution in [-0.4, -0.2) is 43.2 Å². The molecule has 0 radical (unpaired) electrons. The minimum absolute atomic E-state index is 0.0395. The van der Waals surface area contributed by atoms with Gasteiger partial charge >= 0.3 is 6.18 Å². The maximum absolute atomic E-state index is 12.5. The zero-order valence-electron chi connectivity index (χ0n) is 10.3. The molecule has 0 aromatic carbocycles. The molecule has 0 aromatic heterocycles. The number of likely N-dealkylation sites (tertiary alicyclic amines) is 1. The maximum Gasteiger partial charge on any atom is 0.391 e. The fourth-order valence-corrected chi connectivity index (χ4v) is 2.27. The first-order valence-electron chi connectivity index (χ1n) is 6.52. The largest absolute Gasteiger partial charge is 0.391 e. The number of amides is 1. The molecule has 2 fully saturated rings. The van der Waals surface area contributed by atoms with Crippen molar-refractivity contribution < 1.29 is 18.0 Å². The van der Waals surface area contributed by atoms with Gasteiger partial charge in [-0.2, -0.15) is 13.2 Å². The molecule has 0 bridgehead atoms. The van der Waals surface area contributed by atoms with Crippen LogP contribution in [0.4, 0.5) is 13.2 Å². The summed E-state index contributed by atoms with van der Waals surface area (Å²) in [7, 11) is 0. The number of piperidine rings is 1. The van der Waals surface area contributed by atoms with Gasteiger partial charge in [-0.05, 0) is 38.1 Å². The summed E-state index contributed by atoms with van der Waals surface area (Å²) in [6, 6.07) is 0. The molecule has 1 saturated heterocycles. The lowest BCUT2D eigenvalue weighted by atomic mass is 9.96. The Bertz CT molecular complexity index is 294. The molecule has 6 heteroatoms. The quantitative estimate of drug-likeness (QED) is 0.839. The fraction of sp³-hybridized carbons (Fsp3) is 0.917. The number of nitrogens with one attached hydrogen (secondary N) is 1. The van der Waals surface area contributed by atoms with Crippen LogP contribution in [0.25, 0.3) is 0 Å². The van der Waals surface area contributed by atoms with E-state index < -0.39 is 12.1 Å². The fourth-order valence-electron chi connectivity index (χ4n) is 2.27. The van der Waals surface area contributed by atoms with Gasteiger partial charge in [0.05, 0.1) is 12.5 Å². The van der Waals surface area contributed by atoms with Crippen molar-refractivity contribution in [1.82, 2.24) is 10.2 Å². The summed E-state index contributed by atoms with van der Waals surface area (Å²) in [4.78, 5) is 13.3. The lowest BCUT2D eigenvalue weighted by Crippen LogP contribution is -2.45. The lowest BCUT2D eigenvalue weighted by molar-refractivity contribution is -0.186. The van der Waals surface area contributed by atoms with Crippen molar-refractivity contribution >= 4 is 5.91 Å². The molecule has 1 aliphatic carbocycles. The molecule has 0 spiro atoms. The Morgan fingerprint density at radius 3 is 2.28 bits per heavy atom. The van der Waals surface area contributed by atoms with Crippen LogP contribution in [0.1, 0.15) is 25.7 Å². The smallest absolute Gasteiger partial charge is 0.342 e. The van der Waals surface area contributed by atoms with Gasteiger partial charge in [0.2, 0.25) is 5.91 Å². The summed E-state index contributed by atoms with van der Waals surface area (Å²) < 4.78 is 37.4. The Morgan fingerprint density at radius 2 is 1.78 bits per heavy atom. The number of nitrogens with zero attached hydrogens (tertiary/aromatic N) is 1. The van der Waals surface area contributed by atoms with Crippen LogP contribution in [0.3, 0.4) is 0 Å². The Labute approximate surface area is 105 Å². The standard InChI is InChI=1S/C12H19F3N2O/c13-12(14,15)10-3-5-17(6-4-10)11(18)8-16-7-9-1-2-9/h9-10,16H,1-8H2. The predicted octanol–water partition coefficient (Wildman–Crippen LogP) is 1.79. The molecule has 0 unspecified atom stereocenters. The summed E-state index contributed by atoms with van der Waals surface area (Å²) in [5.74, 6) is -0.606. The second-order valence-electron chi connectivity index (χ2n) is 5.27. The molecule has 18 heavy (non-hydrogen) atoms. The maximum atomic E-state index is 12.5. The number of carbonyl (C=O) groups is 1. The summed E-state index contributed by atoms with van der Waals surface area (Å²) in [6.45, 7) is 1.57. The molecule has 1 aliphatic heterocycles. The third kappa shape index (κ3) is 3.86. The van der Waals surface area contributed by atoms with E-state index in [1.54, 1.807) is 4.90 Å². The molecular weight excluding hydrogens is 245 g/mol. The van der Waals surface area contributed by atoms with Crippen molar-refractivity contribution in [3.05, 3.63) is 0 Å². The van der Waals surface area contributed by atoms with Crippen LogP contribution in [0.5, 0.6) is 0 Å². The monoisotopic (exact) mass is 264 g/mol.